The molecular formula is C24H26N2O4. The molecule has 30 heavy (non-hydrogen) atoms. The number of benzene rings is 2. The van der Waals surface area contributed by atoms with Gasteiger partial charge in [-0.3, -0.25) is 9.59 Å². The fraction of sp³-hybridized carbons (Fsp3) is 0.417. The molecule has 0 radical (unpaired) electrons. The summed E-state index contributed by atoms with van der Waals surface area (Å²) < 4.78 is 12.8. The molecule has 4 unspecified atom stereocenters. The number of nitrogens with zero attached hydrogens (tertiary/aromatic N) is 2. The largest absolute Gasteiger partial charge is 0.352 e. The zero-order chi connectivity index (χ0) is 20.5. The lowest BCUT2D eigenvalue weighted by Crippen LogP contribution is -2.47. The summed E-state index contributed by atoms with van der Waals surface area (Å²) in [5.41, 5.74) is 1.91. The Morgan fingerprint density at radius 3 is 1.43 bits per heavy atom. The third kappa shape index (κ3) is 3.50. The molecule has 0 aromatic heterocycles. The summed E-state index contributed by atoms with van der Waals surface area (Å²) in [4.78, 5) is 29.3. The number of carbonyl (C=O) groups is 2. The fourth-order valence-corrected chi connectivity index (χ4v) is 4.81. The minimum Gasteiger partial charge on any atom is -0.352 e. The molecule has 6 heteroatoms. The minimum atomic E-state index is -0.458. The Kier molecular flexibility index (Phi) is 5.27. The number of fused-ring (bicyclic) bond motifs is 2. The minimum absolute atomic E-state index is 0.0804. The summed E-state index contributed by atoms with van der Waals surface area (Å²) in [5.74, 6) is 0.183. The number of rotatable bonds is 2. The van der Waals surface area contributed by atoms with Crippen LogP contribution in [-0.2, 0) is 19.1 Å². The Balaban J connectivity index is 1.50. The zero-order valence-corrected chi connectivity index (χ0v) is 16.9. The third-order valence-corrected chi connectivity index (χ3v) is 6.31. The van der Waals surface area contributed by atoms with Gasteiger partial charge >= 0.3 is 0 Å². The van der Waals surface area contributed by atoms with Gasteiger partial charge in [0, 0.05) is 24.0 Å². The van der Waals surface area contributed by atoms with E-state index >= 15 is 0 Å². The fourth-order valence-electron chi connectivity index (χ4n) is 4.81. The molecule has 3 saturated heterocycles. The van der Waals surface area contributed by atoms with Gasteiger partial charge in [0.15, 0.2) is 12.5 Å². The van der Waals surface area contributed by atoms with Crippen molar-refractivity contribution in [3.05, 3.63) is 71.8 Å². The van der Waals surface area contributed by atoms with E-state index in [0.29, 0.717) is 26.1 Å². The Morgan fingerprint density at radius 2 is 1.03 bits per heavy atom. The lowest BCUT2D eigenvalue weighted by molar-refractivity contribution is -0.174. The van der Waals surface area contributed by atoms with Crippen LogP contribution in [0.15, 0.2) is 60.7 Å². The highest BCUT2D eigenvalue weighted by Gasteiger charge is 2.43. The maximum absolute atomic E-state index is 12.8. The first kappa shape index (κ1) is 19.3. The molecule has 156 valence electrons. The smallest absolute Gasteiger partial charge is 0.225 e. The first-order chi connectivity index (χ1) is 14.7. The van der Waals surface area contributed by atoms with Gasteiger partial charge in [-0.25, -0.2) is 0 Å². The van der Waals surface area contributed by atoms with Crippen LogP contribution >= 0.6 is 0 Å². The van der Waals surface area contributed by atoms with Crippen molar-refractivity contribution in [1.82, 2.24) is 9.80 Å². The van der Waals surface area contributed by atoms with E-state index in [1.165, 1.54) is 0 Å². The monoisotopic (exact) mass is 406 g/mol. The average molecular weight is 406 g/mol. The van der Waals surface area contributed by atoms with Gasteiger partial charge in [-0.15, -0.1) is 0 Å². The van der Waals surface area contributed by atoms with Crippen LogP contribution in [0, 0.1) is 0 Å². The van der Waals surface area contributed by atoms with Crippen molar-refractivity contribution in [2.75, 3.05) is 13.2 Å². The number of hydrogen-bond acceptors (Lipinski definition) is 4. The molecular weight excluding hydrogens is 380 g/mol. The summed E-state index contributed by atoms with van der Waals surface area (Å²) in [7, 11) is 0. The molecule has 0 N–H and O–H groups in total. The van der Waals surface area contributed by atoms with Crippen LogP contribution in [0.25, 0.3) is 0 Å². The van der Waals surface area contributed by atoms with E-state index < -0.39 is 12.5 Å². The molecule has 3 aliphatic rings. The molecule has 2 amide bonds. The molecule has 6 nitrogen and oxygen atoms in total. The van der Waals surface area contributed by atoms with Crippen LogP contribution in [0.4, 0.5) is 0 Å². The third-order valence-electron chi connectivity index (χ3n) is 6.31. The van der Waals surface area contributed by atoms with Crippen LogP contribution < -0.4 is 0 Å². The number of ether oxygens (including phenoxy) is 2. The van der Waals surface area contributed by atoms with Crippen LogP contribution in [0.3, 0.4) is 0 Å². The van der Waals surface area contributed by atoms with Crippen molar-refractivity contribution in [2.24, 2.45) is 0 Å². The summed E-state index contributed by atoms with van der Waals surface area (Å²) in [6, 6.07) is 19.5. The molecule has 4 atom stereocenters. The molecule has 3 fully saturated rings. The lowest BCUT2D eigenvalue weighted by atomic mass is 10.1. The highest BCUT2D eigenvalue weighted by molar-refractivity contribution is 5.80. The second-order valence-corrected chi connectivity index (χ2v) is 8.18. The van der Waals surface area contributed by atoms with E-state index in [4.69, 9.17) is 9.47 Å². The first-order valence-electron chi connectivity index (χ1n) is 10.7. The highest BCUT2D eigenvalue weighted by Crippen LogP contribution is 2.37. The first-order valence-corrected chi connectivity index (χ1v) is 10.7. The predicted molar refractivity (Wildman–Crippen MR) is 110 cm³/mol. The van der Waals surface area contributed by atoms with E-state index in [2.05, 4.69) is 0 Å². The van der Waals surface area contributed by atoms with Gasteiger partial charge in [-0.1, -0.05) is 60.7 Å². The van der Waals surface area contributed by atoms with Gasteiger partial charge in [0.2, 0.25) is 11.8 Å². The zero-order valence-electron chi connectivity index (χ0n) is 16.9. The van der Waals surface area contributed by atoms with Crippen LogP contribution in [0.5, 0.6) is 0 Å². The lowest BCUT2D eigenvalue weighted by Gasteiger charge is -2.40. The standard InChI is InChI=1S/C24H26N2O4/c27-21-13-11-19-16-30-24(18-9-5-2-6-10-18)26-20(12-14-22(26)28)15-29-23(25(19)21)17-7-3-1-4-8-17/h1-10,19-20,23-24H,11-16H2. The van der Waals surface area contributed by atoms with Gasteiger partial charge in [0.25, 0.3) is 0 Å². The van der Waals surface area contributed by atoms with Crippen molar-refractivity contribution in [3.63, 3.8) is 0 Å². The second-order valence-electron chi connectivity index (χ2n) is 8.18. The SMILES string of the molecule is O=C1CCC2COC(c3ccccc3)N3C(=O)CCC3COC(c3ccccc3)N12. The Labute approximate surface area is 176 Å². The maximum Gasteiger partial charge on any atom is 0.225 e. The summed E-state index contributed by atoms with van der Waals surface area (Å²) in [6.45, 7) is 0.739. The summed E-state index contributed by atoms with van der Waals surface area (Å²) in [5, 5.41) is 0. The van der Waals surface area contributed by atoms with Crippen LogP contribution in [-0.4, -0.2) is 46.9 Å². The molecule has 0 aliphatic carbocycles. The van der Waals surface area contributed by atoms with E-state index in [1.807, 2.05) is 70.5 Å². The van der Waals surface area contributed by atoms with Crippen LogP contribution in [0.1, 0.15) is 49.3 Å². The molecule has 3 heterocycles. The highest BCUT2D eigenvalue weighted by atomic mass is 16.5. The second kappa shape index (κ2) is 8.20. The van der Waals surface area contributed by atoms with Crippen LogP contribution in [0.2, 0.25) is 0 Å². The number of carbonyl (C=O) groups excluding carboxylic acids is 2. The van der Waals surface area contributed by atoms with Crippen molar-refractivity contribution in [2.45, 2.75) is 50.2 Å². The quantitative estimate of drug-likeness (QED) is 0.767. The number of hydrogen-bond donors (Lipinski definition) is 0. The molecule has 0 bridgehead atoms. The Morgan fingerprint density at radius 1 is 0.633 bits per heavy atom. The molecule has 2 aromatic rings. The van der Waals surface area contributed by atoms with E-state index in [0.717, 1.165) is 24.0 Å². The van der Waals surface area contributed by atoms with E-state index in [-0.39, 0.29) is 23.9 Å². The summed E-state index contributed by atoms with van der Waals surface area (Å²) >= 11 is 0. The van der Waals surface area contributed by atoms with Gasteiger partial charge in [0.05, 0.1) is 25.3 Å². The topological polar surface area (TPSA) is 59.1 Å². The molecule has 5 rings (SSSR count). The maximum atomic E-state index is 12.8. The Hall–Kier alpha value is -2.70. The summed E-state index contributed by atoms with van der Waals surface area (Å²) in [6.07, 6.45) is 1.52. The average Bonchev–Trinajstić information content (AvgIpc) is 3.33. The van der Waals surface area contributed by atoms with Crippen molar-refractivity contribution >= 4 is 11.8 Å². The predicted octanol–water partition coefficient (Wildman–Crippen LogP) is 3.41. The van der Waals surface area contributed by atoms with Gasteiger partial charge in [-0.05, 0) is 12.8 Å². The number of amides is 2. The van der Waals surface area contributed by atoms with E-state index in [1.54, 1.807) is 0 Å². The molecule has 0 saturated carbocycles. The van der Waals surface area contributed by atoms with Crippen molar-refractivity contribution in [3.8, 4) is 0 Å². The Bertz CT molecular complexity index is 828. The van der Waals surface area contributed by atoms with Gasteiger partial charge in [0.1, 0.15) is 0 Å². The van der Waals surface area contributed by atoms with Crippen molar-refractivity contribution in [1.29, 1.82) is 0 Å². The van der Waals surface area contributed by atoms with E-state index in [9.17, 15) is 9.59 Å². The molecule has 3 aliphatic heterocycles. The van der Waals surface area contributed by atoms with Gasteiger partial charge in [-0.2, -0.15) is 0 Å². The molecule has 0 spiro atoms. The molecule has 2 aromatic carbocycles. The van der Waals surface area contributed by atoms with Crippen molar-refractivity contribution < 1.29 is 19.1 Å². The normalized spacial score (nSPS) is 29.6. The van der Waals surface area contributed by atoms with Gasteiger partial charge < -0.3 is 19.3 Å².